The highest BCUT2D eigenvalue weighted by molar-refractivity contribution is 6.30. The van der Waals surface area contributed by atoms with Crippen molar-refractivity contribution in [2.45, 2.75) is 13.8 Å². The minimum atomic E-state index is -0.303. The molecule has 0 radical (unpaired) electrons. The third-order valence-corrected chi connectivity index (χ3v) is 3.64. The first kappa shape index (κ1) is 16.0. The Morgan fingerprint density at radius 2 is 1.83 bits per heavy atom. The molecule has 0 aliphatic rings. The van der Waals surface area contributed by atoms with Crippen LogP contribution in [0.2, 0.25) is 5.02 Å². The number of hydrogen-bond acceptors (Lipinski definition) is 3. The lowest BCUT2D eigenvalue weighted by molar-refractivity contribution is -0.114. The first-order valence-electron chi connectivity index (χ1n) is 7.27. The van der Waals surface area contributed by atoms with E-state index in [1.807, 2.05) is 0 Å². The average Bonchev–Trinajstić information content (AvgIpc) is 2.82. The van der Waals surface area contributed by atoms with Gasteiger partial charge in [-0.3, -0.25) is 14.0 Å². The molecule has 0 aliphatic heterocycles. The second-order valence-corrected chi connectivity index (χ2v) is 5.77. The van der Waals surface area contributed by atoms with Gasteiger partial charge in [-0.15, -0.1) is 0 Å². The van der Waals surface area contributed by atoms with E-state index in [9.17, 15) is 9.59 Å². The number of benzene rings is 1. The van der Waals surface area contributed by atoms with E-state index >= 15 is 0 Å². The number of carbonyl (C=O) groups is 2. The number of fused-ring (bicyclic) bond motifs is 1. The minimum absolute atomic E-state index is 0.175. The Balaban J connectivity index is 1.92. The Morgan fingerprint density at radius 1 is 1.12 bits per heavy atom. The summed E-state index contributed by atoms with van der Waals surface area (Å²) in [4.78, 5) is 28.1. The Morgan fingerprint density at radius 3 is 2.54 bits per heavy atom. The van der Waals surface area contributed by atoms with Crippen LogP contribution in [0.1, 0.15) is 23.1 Å². The average molecular weight is 343 g/mol. The zero-order valence-electron chi connectivity index (χ0n) is 13.1. The first-order chi connectivity index (χ1) is 11.4. The summed E-state index contributed by atoms with van der Waals surface area (Å²) >= 11 is 6.01. The molecule has 6 nitrogen and oxygen atoms in total. The number of imidazole rings is 1. The Kier molecular flexibility index (Phi) is 4.22. The monoisotopic (exact) mass is 342 g/mol. The smallest absolute Gasteiger partial charge is 0.274 e. The van der Waals surface area contributed by atoms with Gasteiger partial charge in [0.05, 0.1) is 10.7 Å². The van der Waals surface area contributed by atoms with E-state index in [2.05, 4.69) is 15.6 Å². The molecule has 0 spiro atoms. The van der Waals surface area contributed by atoms with Gasteiger partial charge < -0.3 is 10.6 Å². The van der Waals surface area contributed by atoms with Crippen LogP contribution in [-0.2, 0) is 4.79 Å². The quantitative estimate of drug-likeness (QED) is 0.764. The van der Waals surface area contributed by atoms with Crippen LogP contribution < -0.4 is 10.6 Å². The fourth-order valence-electron chi connectivity index (χ4n) is 2.48. The zero-order valence-corrected chi connectivity index (χ0v) is 13.9. The summed E-state index contributed by atoms with van der Waals surface area (Å²) in [5.74, 6) is -0.479. The number of rotatable bonds is 3. The highest BCUT2D eigenvalue weighted by Gasteiger charge is 2.17. The van der Waals surface area contributed by atoms with E-state index in [4.69, 9.17) is 11.6 Å². The Bertz CT molecular complexity index is 949. The number of halogens is 1. The molecule has 24 heavy (non-hydrogen) atoms. The molecule has 2 aromatic heterocycles. The van der Waals surface area contributed by atoms with Crippen molar-refractivity contribution in [2.75, 3.05) is 10.6 Å². The lowest BCUT2D eigenvalue weighted by Gasteiger charge is -2.08. The molecule has 0 atom stereocenters. The zero-order chi connectivity index (χ0) is 17.3. The lowest BCUT2D eigenvalue weighted by Crippen LogP contribution is -2.16. The van der Waals surface area contributed by atoms with Crippen LogP contribution in [0.15, 0.2) is 42.6 Å². The number of amides is 2. The third-order valence-electron chi connectivity index (χ3n) is 3.41. The molecule has 0 fully saturated rings. The second-order valence-electron chi connectivity index (χ2n) is 5.34. The summed E-state index contributed by atoms with van der Waals surface area (Å²) in [6.45, 7) is 3.19. The standard InChI is InChI=1S/C17H15ClN4O2/c1-10-16(22-9-12(18)6-7-15(22)19-10)17(24)21-14-5-3-4-13(8-14)20-11(2)23/h3-9H,1-2H3,(H,20,23)(H,21,24). The van der Waals surface area contributed by atoms with Gasteiger partial charge in [-0.25, -0.2) is 4.98 Å². The molecule has 2 amide bonds. The van der Waals surface area contributed by atoms with Crippen molar-refractivity contribution in [1.29, 1.82) is 0 Å². The summed E-state index contributed by atoms with van der Waals surface area (Å²) in [7, 11) is 0. The number of aryl methyl sites for hydroxylation is 1. The topological polar surface area (TPSA) is 75.5 Å². The van der Waals surface area contributed by atoms with Crippen LogP contribution in [0.3, 0.4) is 0 Å². The van der Waals surface area contributed by atoms with Crippen molar-refractivity contribution in [3.63, 3.8) is 0 Å². The minimum Gasteiger partial charge on any atom is -0.326 e. The van der Waals surface area contributed by atoms with Crippen LogP contribution in [-0.4, -0.2) is 21.2 Å². The van der Waals surface area contributed by atoms with E-state index < -0.39 is 0 Å². The van der Waals surface area contributed by atoms with Gasteiger partial charge in [0.1, 0.15) is 11.3 Å². The van der Waals surface area contributed by atoms with E-state index in [-0.39, 0.29) is 11.8 Å². The molecule has 3 rings (SSSR count). The fourth-order valence-corrected chi connectivity index (χ4v) is 2.64. The van der Waals surface area contributed by atoms with Gasteiger partial charge in [-0.1, -0.05) is 17.7 Å². The molecule has 0 saturated heterocycles. The van der Waals surface area contributed by atoms with Crippen molar-refractivity contribution < 1.29 is 9.59 Å². The molecule has 0 saturated carbocycles. The molecule has 7 heteroatoms. The van der Waals surface area contributed by atoms with Crippen LogP contribution in [0.4, 0.5) is 11.4 Å². The van der Waals surface area contributed by atoms with Crippen LogP contribution in [0.5, 0.6) is 0 Å². The number of aromatic nitrogens is 2. The number of nitrogens with one attached hydrogen (secondary N) is 2. The highest BCUT2D eigenvalue weighted by Crippen LogP contribution is 2.19. The van der Waals surface area contributed by atoms with Crippen molar-refractivity contribution >= 4 is 40.4 Å². The third kappa shape index (κ3) is 3.23. The van der Waals surface area contributed by atoms with Gasteiger partial charge in [-0.05, 0) is 37.3 Å². The number of nitrogens with zero attached hydrogens (tertiary/aromatic N) is 2. The van der Waals surface area contributed by atoms with Crippen molar-refractivity contribution in [1.82, 2.24) is 9.38 Å². The maximum absolute atomic E-state index is 12.7. The van der Waals surface area contributed by atoms with E-state index in [1.54, 1.807) is 53.9 Å². The van der Waals surface area contributed by atoms with E-state index in [0.717, 1.165) is 0 Å². The van der Waals surface area contributed by atoms with Crippen LogP contribution in [0, 0.1) is 6.92 Å². The maximum atomic E-state index is 12.7. The molecule has 1 aromatic carbocycles. The highest BCUT2D eigenvalue weighted by atomic mass is 35.5. The van der Waals surface area contributed by atoms with E-state index in [1.165, 1.54) is 6.92 Å². The lowest BCUT2D eigenvalue weighted by atomic mass is 10.2. The van der Waals surface area contributed by atoms with Crippen molar-refractivity contribution in [2.24, 2.45) is 0 Å². The Labute approximate surface area is 143 Å². The number of anilines is 2. The summed E-state index contributed by atoms with van der Waals surface area (Å²) in [6, 6.07) is 10.4. The number of pyridine rings is 1. The summed E-state index contributed by atoms with van der Waals surface area (Å²) in [5.41, 5.74) is 2.85. The normalized spacial score (nSPS) is 10.6. The molecule has 2 N–H and O–H groups in total. The first-order valence-corrected chi connectivity index (χ1v) is 7.65. The van der Waals surface area contributed by atoms with Gasteiger partial charge >= 0.3 is 0 Å². The summed E-state index contributed by atoms with van der Waals surface area (Å²) < 4.78 is 1.66. The molecule has 3 aromatic rings. The Hall–Kier alpha value is -2.86. The second kappa shape index (κ2) is 6.33. The van der Waals surface area contributed by atoms with Crippen LogP contribution >= 0.6 is 11.6 Å². The van der Waals surface area contributed by atoms with Gasteiger partial charge in [0.2, 0.25) is 5.91 Å². The molecule has 2 heterocycles. The van der Waals surface area contributed by atoms with E-state index in [0.29, 0.717) is 33.4 Å². The maximum Gasteiger partial charge on any atom is 0.274 e. The van der Waals surface area contributed by atoms with Gasteiger partial charge in [0.25, 0.3) is 5.91 Å². The molecule has 0 unspecified atom stereocenters. The summed E-state index contributed by atoms with van der Waals surface area (Å²) in [6.07, 6.45) is 1.65. The van der Waals surface area contributed by atoms with Crippen molar-refractivity contribution in [3.8, 4) is 0 Å². The molecule has 122 valence electrons. The molecule has 0 aliphatic carbocycles. The predicted octanol–water partition coefficient (Wildman–Crippen LogP) is 3.51. The summed E-state index contributed by atoms with van der Waals surface area (Å²) in [5, 5.41) is 6.01. The number of carbonyl (C=O) groups excluding carboxylic acids is 2. The molecular weight excluding hydrogens is 328 g/mol. The van der Waals surface area contributed by atoms with Gasteiger partial charge in [0.15, 0.2) is 0 Å². The largest absolute Gasteiger partial charge is 0.326 e. The van der Waals surface area contributed by atoms with Crippen molar-refractivity contribution in [3.05, 3.63) is 59.0 Å². The van der Waals surface area contributed by atoms with Crippen LogP contribution in [0.25, 0.3) is 5.65 Å². The van der Waals surface area contributed by atoms with Gasteiger partial charge in [0, 0.05) is 24.5 Å². The fraction of sp³-hybridized carbons (Fsp3) is 0.118. The molecular formula is C17H15ClN4O2. The predicted molar refractivity (Wildman–Crippen MR) is 93.6 cm³/mol. The number of hydrogen-bond donors (Lipinski definition) is 2. The van der Waals surface area contributed by atoms with Gasteiger partial charge in [-0.2, -0.15) is 0 Å². The molecule has 0 bridgehead atoms. The SMILES string of the molecule is CC(=O)Nc1cccc(NC(=O)c2c(C)nc3ccc(Cl)cn23)c1.